The van der Waals surface area contributed by atoms with E-state index < -0.39 is 0 Å². The van der Waals surface area contributed by atoms with Crippen LogP contribution in [-0.4, -0.2) is 19.9 Å². The lowest BCUT2D eigenvalue weighted by Gasteiger charge is -2.28. The lowest BCUT2D eigenvalue weighted by atomic mass is 9.95. The molecule has 0 atom stereocenters. The van der Waals surface area contributed by atoms with E-state index >= 15 is 0 Å². The van der Waals surface area contributed by atoms with Crippen molar-refractivity contribution < 1.29 is 0 Å². The van der Waals surface area contributed by atoms with E-state index in [1.165, 1.54) is 0 Å². The number of halogens is 1. The van der Waals surface area contributed by atoms with Crippen molar-refractivity contribution in [3.63, 3.8) is 0 Å². The summed E-state index contributed by atoms with van der Waals surface area (Å²) in [4.78, 5) is 8.53. The van der Waals surface area contributed by atoms with Crippen molar-refractivity contribution >= 4 is 21.6 Å². The quantitative estimate of drug-likeness (QED) is 0.922. The van der Waals surface area contributed by atoms with Crippen molar-refractivity contribution in [2.45, 2.75) is 45.7 Å². The number of nitrogens with one attached hydrogen (secondary N) is 1. The molecule has 0 unspecified atom stereocenters. The predicted molar refractivity (Wildman–Crippen MR) is 76.5 cm³/mol. The summed E-state index contributed by atoms with van der Waals surface area (Å²) in [5.74, 6) is 0. The molecule has 0 amide bonds. The molecule has 0 aromatic carbocycles. The largest absolute Gasteiger partial charge is 0.306 e. The lowest BCUT2D eigenvalue weighted by molar-refractivity contribution is 0.327. The van der Waals surface area contributed by atoms with Crippen LogP contribution in [0.2, 0.25) is 0 Å². The number of rotatable bonds is 5. The zero-order valence-corrected chi connectivity index (χ0v) is 12.7. The van der Waals surface area contributed by atoms with E-state index in [1.54, 1.807) is 6.20 Å². The smallest absolute Gasteiger partial charge is 0.155 e. The van der Waals surface area contributed by atoms with Crippen LogP contribution in [0.3, 0.4) is 0 Å². The number of hydrogen-bond donors (Lipinski definition) is 1. The van der Waals surface area contributed by atoms with Crippen LogP contribution < -0.4 is 5.32 Å². The van der Waals surface area contributed by atoms with Crippen LogP contribution >= 0.6 is 15.9 Å². The maximum absolute atomic E-state index is 4.35. The first-order valence-corrected chi connectivity index (χ1v) is 7.10. The van der Waals surface area contributed by atoms with E-state index in [-0.39, 0.29) is 5.54 Å². The maximum atomic E-state index is 4.35. The monoisotopic (exact) mass is 310 g/mol. The molecule has 0 saturated carbocycles. The van der Waals surface area contributed by atoms with E-state index in [4.69, 9.17) is 0 Å². The Morgan fingerprint density at radius 2 is 2.00 bits per heavy atom. The lowest BCUT2D eigenvalue weighted by Crippen LogP contribution is -2.40. The van der Waals surface area contributed by atoms with Gasteiger partial charge >= 0.3 is 0 Å². The van der Waals surface area contributed by atoms with Crippen molar-refractivity contribution in [1.82, 2.24) is 19.7 Å². The average Bonchev–Trinajstić information content (AvgIpc) is 2.78. The molecule has 98 valence electrons. The third kappa shape index (κ3) is 2.72. The fraction of sp³-hybridized carbons (Fsp3) is 0.538. The Morgan fingerprint density at radius 1 is 1.28 bits per heavy atom. The average molecular weight is 311 g/mol. The number of hydrogen-bond acceptors (Lipinski definition) is 3. The Morgan fingerprint density at radius 3 is 2.67 bits per heavy atom. The van der Waals surface area contributed by atoms with Gasteiger partial charge in [0.25, 0.3) is 0 Å². The second-order valence-electron chi connectivity index (χ2n) is 4.81. The van der Waals surface area contributed by atoms with Gasteiger partial charge in [-0.3, -0.25) is 4.40 Å². The Bertz CT molecular complexity index is 531. The van der Waals surface area contributed by atoms with Gasteiger partial charge in [0, 0.05) is 18.3 Å². The molecule has 0 bridgehead atoms. The summed E-state index contributed by atoms with van der Waals surface area (Å²) in [6, 6.07) is 0. The molecule has 0 aliphatic carbocycles. The van der Waals surface area contributed by atoms with Gasteiger partial charge in [0.1, 0.15) is 4.60 Å². The minimum absolute atomic E-state index is 0.189. The summed E-state index contributed by atoms with van der Waals surface area (Å²) in [5, 5.41) is 3.61. The highest BCUT2D eigenvalue weighted by Gasteiger charge is 2.18. The molecule has 0 aliphatic rings. The van der Waals surface area contributed by atoms with Gasteiger partial charge in [-0.2, -0.15) is 0 Å². The Labute approximate surface area is 116 Å². The van der Waals surface area contributed by atoms with Crippen molar-refractivity contribution in [3.05, 3.63) is 28.9 Å². The molecule has 2 aromatic rings. The number of aromatic nitrogens is 3. The molecule has 2 heterocycles. The van der Waals surface area contributed by atoms with Gasteiger partial charge in [-0.25, -0.2) is 9.97 Å². The van der Waals surface area contributed by atoms with Crippen LogP contribution in [0.15, 0.2) is 23.2 Å². The molecule has 1 N–H and O–H groups in total. The van der Waals surface area contributed by atoms with Crippen molar-refractivity contribution in [2.75, 3.05) is 0 Å². The highest BCUT2D eigenvalue weighted by atomic mass is 79.9. The zero-order valence-electron chi connectivity index (χ0n) is 11.1. The third-order valence-electron chi connectivity index (χ3n) is 3.70. The number of imidazole rings is 1. The SMILES string of the molecule is CCC(C)(CC)NCc1cnc2cnc(Br)cn12. The highest BCUT2D eigenvalue weighted by molar-refractivity contribution is 9.10. The molecule has 18 heavy (non-hydrogen) atoms. The first-order chi connectivity index (χ1) is 8.58. The molecule has 0 spiro atoms. The fourth-order valence-electron chi connectivity index (χ4n) is 1.85. The molecule has 2 aromatic heterocycles. The summed E-state index contributed by atoms with van der Waals surface area (Å²) in [6.07, 6.45) is 7.86. The van der Waals surface area contributed by atoms with Crippen molar-refractivity contribution in [1.29, 1.82) is 0 Å². The van der Waals surface area contributed by atoms with Crippen LogP contribution in [0, 0.1) is 0 Å². The van der Waals surface area contributed by atoms with Crippen LogP contribution in [0.25, 0.3) is 5.65 Å². The third-order valence-corrected chi connectivity index (χ3v) is 4.11. The summed E-state index contributed by atoms with van der Waals surface area (Å²) >= 11 is 3.39. The first kappa shape index (κ1) is 13.5. The first-order valence-electron chi connectivity index (χ1n) is 6.30. The molecule has 4 nitrogen and oxygen atoms in total. The fourth-order valence-corrected chi connectivity index (χ4v) is 2.16. The van der Waals surface area contributed by atoms with Gasteiger partial charge in [0.2, 0.25) is 0 Å². The summed E-state index contributed by atoms with van der Waals surface area (Å²) < 4.78 is 2.89. The topological polar surface area (TPSA) is 42.2 Å². The summed E-state index contributed by atoms with van der Waals surface area (Å²) in [6.45, 7) is 7.50. The standard InChI is InChI=1S/C13H19BrN4/c1-4-13(3,5-2)17-7-10-6-16-12-8-15-11(14)9-18(10)12/h6,8-9,17H,4-5,7H2,1-3H3. The predicted octanol–water partition coefficient (Wildman–Crippen LogP) is 3.16. The van der Waals surface area contributed by atoms with Crippen molar-refractivity contribution in [3.8, 4) is 0 Å². The molecule has 0 fully saturated rings. The minimum atomic E-state index is 0.189. The molecular formula is C13H19BrN4. The van der Waals surface area contributed by atoms with Crippen molar-refractivity contribution in [2.24, 2.45) is 0 Å². The van der Waals surface area contributed by atoms with Crippen LogP contribution in [0.1, 0.15) is 39.3 Å². The molecular weight excluding hydrogens is 292 g/mol. The van der Waals surface area contributed by atoms with Gasteiger partial charge < -0.3 is 5.32 Å². The number of fused-ring (bicyclic) bond motifs is 1. The van der Waals surface area contributed by atoms with Gasteiger partial charge in [-0.15, -0.1) is 0 Å². The normalized spacial score (nSPS) is 12.2. The Kier molecular flexibility index (Phi) is 4.02. The van der Waals surface area contributed by atoms with Crippen LogP contribution in [-0.2, 0) is 6.54 Å². The van der Waals surface area contributed by atoms with Gasteiger partial charge in [0.05, 0.1) is 18.1 Å². The number of nitrogens with zero attached hydrogens (tertiary/aromatic N) is 3. The van der Waals surface area contributed by atoms with Gasteiger partial charge in [-0.1, -0.05) is 13.8 Å². The Balaban J connectivity index is 2.19. The molecule has 0 radical (unpaired) electrons. The van der Waals surface area contributed by atoms with E-state index in [0.717, 1.165) is 35.3 Å². The zero-order chi connectivity index (χ0) is 13.2. The molecule has 0 aliphatic heterocycles. The summed E-state index contributed by atoms with van der Waals surface area (Å²) in [5.41, 5.74) is 2.22. The molecule has 0 saturated heterocycles. The minimum Gasteiger partial charge on any atom is -0.306 e. The molecule has 5 heteroatoms. The van der Waals surface area contributed by atoms with Crippen LogP contribution in [0.4, 0.5) is 0 Å². The molecule has 2 rings (SSSR count). The van der Waals surface area contributed by atoms with Gasteiger partial charge in [-0.05, 0) is 35.7 Å². The highest BCUT2D eigenvalue weighted by Crippen LogP contribution is 2.16. The summed E-state index contributed by atoms with van der Waals surface area (Å²) in [7, 11) is 0. The Hall–Kier alpha value is -0.940. The van der Waals surface area contributed by atoms with E-state index in [0.29, 0.717) is 0 Å². The maximum Gasteiger partial charge on any atom is 0.155 e. The van der Waals surface area contributed by atoms with Crippen LogP contribution in [0.5, 0.6) is 0 Å². The van der Waals surface area contributed by atoms with E-state index in [1.807, 2.05) is 12.4 Å². The second kappa shape index (κ2) is 5.36. The van der Waals surface area contributed by atoms with E-state index in [9.17, 15) is 0 Å². The van der Waals surface area contributed by atoms with E-state index in [2.05, 4.69) is 56.4 Å². The van der Waals surface area contributed by atoms with Gasteiger partial charge in [0.15, 0.2) is 5.65 Å². The second-order valence-corrected chi connectivity index (χ2v) is 5.62.